The number of hydrogen-bond donors (Lipinski definition) is 1. The van der Waals surface area contributed by atoms with E-state index >= 15 is 0 Å². The summed E-state index contributed by atoms with van der Waals surface area (Å²) in [4.78, 5) is 2.48. The van der Waals surface area contributed by atoms with Crippen molar-refractivity contribution in [2.45, 2.75) is 49.2 Å². The molecule has 3 fully saturated rings. The van der Waals surface area contributed by atoms with Gasteiger partial charge in [-0.15, -0.1) is 0 Å². The van der Waals surface area contributed by atoms with Gasteiger partial charge in [0.2, 0.25) is 12.5 Å². The van der Waals surface area contributed by atoms with Crippen molar-refractivity contribution in [3.8, 4) is 17.2 Å². The van der Waals surface area contributed by atoms with E-state index in [1.807, 2.05) is 0 Å². The Labute approximate surface area is 133 Å². The number of methoxy groups -OCH3 is 1. The van der Waals surface area contributed by atoms with Crippen LogP contribution < -0.4 is 14.2 Å². The third kappa shape index (κ3) is 1.33. The van der Waals surface area contributed by atoms with Gasteiger partial charge in [0, 0.05) is 23.6 Å². The molecule has 1 N–H and O–H groups in total. The van der Waals surface area contributed by atoms with Gasteiger partial charge in [0.1, 0.15) is 6.10 Å². The summed E-state index contributed by atoms with van der Waals surface area (Å²) in [5.74, 6) is 2.31. The SMILES string of the molecule is COc1c2c(cc3c1OCO3)[C@@]13CCN(C2)C1C[C@@H](O)[C@@H]1O[C@@H]13. The summed E-state index contributed by atoms with van der Waals surface area (Å²) in [6.45, 7) is 2.12. The number of aliphatic hydroxyl groups is 1. The highest BCUT2D eigenvalue weighted by Gasteiger charge is 2.70. The first-order valence-electron chi connectivity index (χ1n) is 8.31. The van der Waals surface area contributed by atoms with Gasteiger partial charge in [-0.2, -0.15) is 0 Å². The molecule has 1 aromatic carbocycles. The molecule has 6 rings (SSSR count). The fourth-order valence-corrected chi connectivity index (χ4v) is 5.56. The van der Waals surface area contributed by atoms with Crippen molar-refractivity contribution in [1.82, 2.24) is 4.90 Å². The molecular formula is C17H19NO5. The maximum atomic E-state index is 10.3. The average molecular weight is 317 g/mol. The highest BCUT2D eigenvalue weighted by molar-refractivity contribution is 5.64. The van der Waals surface area contributed by atoms with Crippen molar-refractivity contribution in [3.05, 3.63) is 17.2 Å². The molecule has 6 heteroatoms. The first-order chi connectivity index (χ1) is 11.2. The van der Waals surface area contributed by atoms with Crippen LogP contribution in [0.1, 0.15) is 24.0 Å². The Balaban J connectivity index is 1.61. The topological polar surface area (TPSA) is 63.7 Å². The summed E-state index contributed by atoms with van der Waals surface area (Å²) in [5, 5.41) is 10.3. The molecule has 6 atom stereocenters. The van der Waals surface area contributed by atoms with E-state index in [1.165, 1.54) is 11.1 Å². The second kappa shape index (κ2) is 3.94. The average Bonchev–Trinajstić information content (AvgIpc) is 3.17. The molecule has 1 aliphatic carbocycles. The van der Waals surface area contributed by atoms with Crippen LogP contribution in [-0.4, -0.2) is 54.8 Å². The molecule has 2 unspecified atom stereocenters. The highest BCUT2D eigenvalue weighted by atomic mass is 16.7. The Morgan fingerprint density at radius 2 is 2.30 bits per heavy atom. The molecule has 2 bridgehead atoms. The van der Waals surface area contributed by atoms with E-state index in [1.54, 1.807) is 7.11 Å². The summed E-state index contributed by atoms with van der Waals surface area (Å²) in [7, 11) is 1.69. The van der Waals surface area contributed by atoms with Gasteiger partial charge < -0.3 is 24.1 Å². The maximum Gasteiger partial charge on any atom is 0.231 e. The Hall–Kier alpha value is -1.50. The van der Waals surface area contributed by atoms with E-state index in [0.29, 0.717) is 6.04 Å². The second-order valence-corrected chi connectivity index (χ2v) is 7.27. The number of rotatable bonds is 1. The van der Waals surface area contributed by atoms with Crippen LogP contribution in [0.3, 0.4) is 0 Å². The van der Waals surface area contributed by atoms with Gasteiger partial charge in [-0.25, -0.2) is 0 Å². The molecule has 0 spiro atoms. The molecule has 23 heavy (non-hydrogen) atoms. The second-order valence-electron chi connectivity index (χ2n) is 7.27. The van der Waals surface area contributed by atoms with Gasteiger partial charge in [0.05, 0.1) is 19.3 Å². The van der Waals surface area contributed by atoms with Gasteiger partial charge >= 0.3 is 0 Å². The lowest BCUT2D eigenvalue weighted by atomic mass is 9.63. The molecule has 4 aliphatic heterocycles. The zero-order chi connectivity index (χ0) is 15.3. The molecule has 1 saturated carbocycles. The lowest BCUT2D eigenvalue weighted by Gasteiger charge is -2.46. The zero-order valence-corrected chi connectivity index (χ0v) is 12.9. The number of benzene rings is 1. The Morgan fingerprint density at radius 1 is 1.39 bits per heavy atom. The first kappa shape index (κ1) is 12.9. The molecule has 5 aliphatic rings. The van der Waals surface area contributed by atoms with Gasteiger partial charge in [-0.3, -0.25) is 4.90 Å². The van der Waals surface area contributed by atoms with Gasteiger partial charge in [-0.1, -0.05) is 0 Å². The van der Waals surface area contributed by atoms with E-state index in [0.717, 1.165) is 43.2 Å². The standard InChI is InChI=1S/C17H19NO5/c1-20-13-8-6-18-3-2-17(9(8)4-11-15(13)22-7-21-11)12(18)5-10(19)14-16(17)23-14/h4,10,12,14,16,19H,2-3,5-7H2,1H3/t10-,12?,14+,16+,17+/m1/s1. The molecule has 122 valence electrons. The van der Waals surface area contributed by atoms with Crippen LogP contribution in [0.25, 0.3) is 0 Å². The highest BCUT2D eigenvalue weighted by Crippen LogP contribution is 2.62. The van der Waals surface area contributed by atoms with Crippen molar-refractivity contribution in [1.29, 1.82) is 0 Å². The first-order valence-corrected chi connectivity index (χ1v) is 8.31. The van der Waals surface area contributed by atoms with Crippen LogP contribution in [0, 0.1) is 0 Å². The van der Waals surface area contributed by atoms with Crippen LogP contribution in [-0.2, 0) is 16.7 Å². The smallest absolute Gasteiger partial charge is 0.231 e. The van der Waals surface area contributed by atoms with E-state index in [4.69, 9.17) is 18.9 Å². The molecule has 6 nitrogen and oxygen atoms in total. The number of hydrogen-bond acceptors (Lipinski definition) is 6. The van der Waals surface area contributed by atoms with Crippen LogP contribution in [0.2, 0.25) is 0 Å². The number of epoxide rings is 1. The molecule has 2 saturated heterocycles. The fraction of sp³-hybridized carbons (Fsp3) is 0.647. The molecule has 0 aromatic heterocycles. The fourth-order valence-electron chi connectivity index (χ4n) is 5.56. The maximum absolute atomic E-state index is 10.3. The predicted molar refractivity (Wildman–Crippen MR) is 78.9 cm³/mol. The lowest BCUT2D eigenvalue weighted by Crippen LogP contribution is -2.55. The largest absolute Gasteiger partial charge is 0.492 e. The third-order valence-corrected chi connectivity index (χ3v) is 6.51. The monoisotopic (exact) mass is 317 g/mol. The van der Waals surface area contributed by atoms with E-state index in [2.05, 4.69) is 11.0 Å². The summed E-state index contributed by atoms with van der Waals surface area (Å²) >= 11 is 0. The molecule has 0 radical (unpaired) electrons. The normalized spacial score (nSPS) is 44.3. The van der Waals surface area contributed by atoms with Crippen LogP contribution in [0.15, 0.2) is 6.07 Å². The Morgan fingerprint density at radius 3 is 3.17 bits per heavy atom. The summed E-state index contributed by atoms with van der Waals surface area (Å²) < 4.78 is 22.9. The minimum atomic E-state index is -0.337. The molecular weight excluding hydrogens is 298 g/mol. The van der Waals surface area contributed by atoms with Crippen molar-refractivity contribution in [3.63, 3.8) is 0 Å². The Kier molecular flexibility index (Phi) is 2.20. The quantitative estimate of drug-likeness (QED) is 0.773. The third-order valence-electron chi connectivity index (χ3n) is 6.51. The minimum absolute atomic E-state index is 0.00596. The van der Waals surface area contributed by atoms with Crippen LogP contribution in [0.4, 0.5) is 0 Å². The number of ether oxygens (including phenoxy) is 4. The lowest BCUT2D eigenvalue weighted by molar-refractivity contribution is 0.0580. The molecule has 1 aromatic rings. The van der Waals surface area contributed by atoms with E-state index in [9.17, 15) is 5.11 Å². The van der Waals surface area contributed by atoms with Crippen molar-refractivity contribution >= 4 is 0 Å². The number of nitrogens with zero attached hydrogens (tertiary/aromatic N) is 1. The summed E-state index contributed by atoms with van der Waals surface area (Å²) in [5.41, 5.74) is 2.46. The van der Waals surface area contributed by atoms with E-state index < -0.39 is 0 Å². The predicted octanol–water partition coefficient (Wildman–Crippen LogP) is 0.782. The Bertz CT molecular complexity index is 721. The van der Waals surface area contributed by atoms with Crippen molar-refractivity contribution < 1.29 is 24.1 Å². The van der Waals surface area contributed by atoms with Crippen molar-refractivity contribution in [2.24, 2.45) is 0 Å². The van der Waals surface area contributed by atoms with E-state index in [-0.39, 0.29) is 30.5 Å². The number of fused-ring (bicyclic) bond motifs is 3. The molecule has 4 heterocycles. The van der Waals surface area contributed by atoms with Crippen LogP contribution >= 0.6 is 0 Å². The molecule has 0 amide bonds. The van der Waals surface area contributed by atoms with Crippen molar-refractivity contribution in [2.75, 3.05) is 20.4 Å². The van der Waals surface area contributed by atoms with Gasteiger partial charge in [-0.05, 0) is 31.0 Å². The minimum Gasteiger partial charge on any atom is -0.492 e. The van der Waals surface area contributed by atoms with Gasteiger partial charge in [0.25, 0.3) is 0 Å². The van der Waals surface area contributed by atoms with Crippen LogP contribution in [0.5, 0.6) is 17.2 Å². The summed E-state index contributed by atoms with van der Waals surface area (Å²) in [6, 6.07) is 2.49. The zero-order valence-electron chi connectivity index (χ0n) is 12.9. The summed E-state index contributed by atoms with van der Waals surface area (Å²) in [6.07, 6.45) is 1.63. The number of aliphatic hydroxyl groups excluding tert-OH is 1. The van der Waals surface area contributed by atoms with Gasteiger partial charge in [0.15, 0.2) is 11.5 Å².